The second kappa shape index (κ2) is 6.28. The number of ketones is 1. The number of rotatable bonds is 5. The molecule has 18 heavy (non-hydrogen) atoms. The molecule has 1 rings (SSSR count). The molecule has 0 radical (unpaired) electrons. The SMILES string of the molecule is COC(=O)C(O)C(O)c1ccccc1CC(C)=O. The minimum Gasteiger partial charge on any atom is -0.467 e. The number of aliphatic hydroxyl groups excluding tert-OH is 2. The van der Waals surface area contributed by atoms with Crippen LogP contribution in [-0.2, 0) is 20.7 Å². The fourth-order valence-corrected chi connectivity index (χ4v) is 1.67. The standard InChI is InChI=1S/C13H16O5/c1-8(14)7-9-5-3-4-6-10(9)11(15)12(16)13(17)18-2/h3-6,11-12,15-16H,7H2,1-2H3. The van der Waals surface area contributed by atoms with E-state index in [9.17, 15) is 19.8 Å². The summed E-state index contributed by atoms with van der Waals surface area (Å²) in [7, 11) is 1.12. The van der Waals surface area contributed by atoms with Crippen LogP contribution in [0, 0.1) is 0 Å². The Bertz CT molecular complexity index is 441. The molecule has 0 bridgehead atoms. The third kappa shape index (κ3) is 3.38. The first-order valence-electron chi connectivity index (χ1n) is 5.48. The van der Waals surface area contributed by atoms with E-state index in [1.165, 1.54) is 6.92 Å². The Morgan fingerprint density at radius 2 is 1.89 bits per heavy atom. The van der Waals surface area contributed by atoms with Crippen molar-refractivity contribution in [1.29, 1.82) is 0 Å². The Morgan fingerprint density at radius 1 is 1.28 bits per heavy atom. The van der Waals surface area contributed by atoms with Crippen molar-refractivity contribution in [2.45, 2.75) is 25.6 Å². The fraction of sp³-hybridized carbons (Fsp3) is 0.385. The fourth-order valence-electron chi connectivity index (χ4n) is 1.67. The summed E-state index contributed by atoms with van der Waals surface area (Å²) in [6.07, 6.45) is -2.93. The van der Waals surface area contributed by atoms with Crippen LogP contribution >= 0.6 is 0 Å². The van der Waals surface area contributed by atoms with E-state index < -0.39 is 18.2 Å². The summed E-state index contributed by atoms with van der Waals surface area (Å²) < 4.78 is 4.36. The average Bonchev–Trinajstić information content (AvgIpc) is 2.36. The number of carbonyl (C=O) groups is 2. The molecule has 0 amide bonds. The summed E-state index contributed by atoms with van der Waals surface area (Å²) in [5.41, 5.74) is 0.936. The first-order chi connectivity index (χ1) is 8.47. The van der Waals surface area contributed by atoms with Gasteiger partial charge in [-0.25, -0.2) is 4.79 Å². The number of hydrogen-bond acceptors (Lipinski definition) is 5. The van der Waals surface area contributed by atoms with E-state index in [4.69, 9.17) is 0 Å². The zero-order valence-electron chi connectivity index (χ0n) is 10.3. The Morgan fingerprint density at radius 3 is 2.44 bits per heavy atom. The van der Waals surface area contributed by atoms with Gasteiger partial charge in [-0.1, -0.05) is 24.3 Å². The highest BCUT2D eigenvalue weighted by molar-refractivity contribution is 5.79. The molecule has 0 spiro atoms. The normalized spacial score (nSPS) is 13.8. The highest BCUT2D eigenvalue weighted by Gasteiger charge is 2.28. The molecule has 0 aromatic heterocycles. The molecule has 0 fully saturated rings. The van der Waals surface area contributed by atoms with Crippen LogP contribution in [0.25, 0.3) is 0 Å². The third-order valence-electron chi connectivity index (χ3n) is 2.55. The largest absolute Gasteiger partial charge is 0.467 e. The number of Topliss-reactive ketones (excluding diaryl/α,β-unsaturated/α-hetero) is 1. The average molecular weight is 252 g/mol. The van der Waals surface area contributed by atoms with E-state index in [0.29, 0.717) is 11.1 Å². The summed E-state index contributed by atoms with van der Waals surface area (Å²) in [5, 5.41) is 19.5. The molecule has 0 heterocycles. The highest BCUT2D eigenvalue weighted by Crippen LogP contribution is 2.22. The Labute approximate surface area is 105 Å². The number of methoxy groups -OCH3 is 1. The van der Waals surface area contributed by atoms with Crippen LogP contribution < -0.4 is 0 Å². The molecule has 5 nitrogen and oxygen atoms in total. The van der Waals surface area contributed by atoms with Gasteiger partial charge in [0.1, 0.15) is 11.9 Å². The Hall–Kier alpha value is -1.72. The van der Waals surface area contributed by atoms with E-state index in [1.807, 2.05) is 0 Å². The van der Waals surface area contributed by atoms with Crippen LogP contribution in [0.5, 0.6) is 0 Å². The van der Waals surface area contributed by atoms with E-state index in [-0.39, 0.29) is 12.2 Å². The Balaban J connectivity index is 3.01. The predicted molar refractivity (Wildman–Crippen MR) is 63.8 cm³/mol. The van der Waals surface area contributed by atoms with Gasteiger partial charge in [0.15, 0.2) is 6.10 Å². The predicted octanol–water partition coefficient (Wildman–Crippen LogP) is 0.385. The van der Waals surface area contributed by atoms with Crippen LogP contribution in [0.3, 0.4) is 0 Å². The molecule has 0 aliphatic rings. The lowest BCUT2D eigenvalue weighted by molar-refractivity contribution is -0.156. The van der Waals surface area contributed by atoms with Crippen molar-refractivity contribution in [3.05, 3.63) is 35.4 Å². The topological polar surface area (TPSA) is 83.8 Å². The summed E-state index contributed by atoms with van der Waals surface area (Å²) >= 11 is 0. The highest BCUT2D eigenvalue weighted by atomic mass is 16.5. The summed E-state index contributed by atoms with van der Waals surface area (Å²) in [6.45, 7) is 1.43. The summed E-state index contributed by atoms with van der Waals surface area (Å²) in [4.78, 5) is 22.3. The summed E-state index contributed by atoms with van der Waals surface area (Å²) in [5.74, 6) is -0.984. The van der Waals surface area contributed by atoms with Crippen LogP contribution in [-0.4, -0.2) is 35.2 Å². The molecule has 1 aromatic rings. The van der Waals surface area contributed by atoms with Crippen LogP contribution in [0.4, 0.5) is 0 Å². The summed E-state index contributed by atoms with van der Waals surface area (Å²) in [6, 6.07) is 6.62. The van der Waals surface area contributed by atoms with Crippen molar-refractivity contribution in [2.75, 3.05) is 7.11 Å². The first-order valence-corrected chi connectivity index (χ1v) is 5.48. The molecule has 0 aliphatic carbocycles. The van der Waals surface area contributed by atoms with Crippen molar-refractivity contribution < 1.29 is 24.5 Å². The van der Waals surface area contributed by atoms with Gasteiger partial charge < -0.3 is 14.9 Å². The third-order valence-corrected chi connectivity index (χ3v) is 2.55. The van der Waals surface area contributed by atoms with Crippen LogP contribution in [0.1, 0.15) is 24.2 Å². The number of aliphatic hydroxyl groups is 2. The molecule has 0 saturated carbocycles. The second-order valence-electron chi connectivity index (χ2n) is 3.99. The van der Waals surface area contributed by atoms with Gasteiger partial charge in [-0.3, -0.25) is 4.79 Å². The van der Waals surface area contributed by atoms with Crippen molar-refractivity contribution in [3.63, 3.8) is 0 Å². The van der Waals surface area contributed by atoms with Crippen molar-refractivity contribution >= 4 is 11.8 Å². The number of benzene rings is 1. The lowest BCUT2D eigenvalue weighted by Crippen LogP contribution is -2.29. The number of carbonyl (C=O) groups excluding carboxylic acids is 2. The van der Waals surface area contributed by atoms with Crippen LogP contribution in [0.15, 0.2) is 24.3 Å². The molecule has 2 unspecified atom stereocenters. The lowest BCUT2D eigenvalue weighted by atomic mass is 9.96. The van der Waals surface area contributed by atoms with Gasteiger partial charge in [0.2, 0.25) is 0 Å². The molecule has 1 aromatic carbocycles. The minimum atomic E-state index is -1.66. The van der Waals surface area contributed by atoms with Crippen molar-refractivity contribution in [1.82, 2.24) is 0 Å². The van der Waals surface area contributed by atoms with E-state index in [1.54, 1.807) is 24.3 Å². The van der Waals surface area contributed by atoms with Gasteiger partial charge in [-0.15, -0.1) is 0 Å². The zero-order chi connectivity index (χ0) is 13.7. The maximum atomic E-state index is 11.2. The van der Waals surface area contributed by atoms with Gasteiger partial charge >= 0.3 is 5.97 Å². The number of ether oxygens (including phenoxy) is 1. The molecule has 0 aliphatic heterocycles. The number of esters is 1. The van der Waals surface area contributed by atoms with Gasteiger partial charge in [0, 0.05) is 6.42 Å². The molecule has 2 N–H and O–H groups in total. The maximum absolute atomic E-state index is 11.2. The molecule has 0 saturated heterocycles. The van der Waals surface area contributed by atoms with Gasteiger partial charge in [0.05, 0.1) is 7.11 Å². The number of hydrogen-bond donors (Lipinski definition) is 2. The minimum absolute atomic E-state index is 0.0674. The zero-order valence-corrected chi connectivity index (χ0v) is 10.3. The van der Waals surface area contributed by atoms with Crippen LogP contribution in [0.2, 0.25) is 0 Å². The quantitative estimate of drug-likeness (QED) is 0.740. The van der Waals surface area contributed by atoms with Gasteiger partial charge in [-0.2, -0.15) is 0 Å². The first kappa shape index (κ1) is 14.3. The van der Waals surface area contributed by atoms with Gasteiger partial charge in [0.25, 0.3) is 0 Å². The Kier molecular flexibility index (Phi) is 5.00. The monoisotopic (exact) mass is 252 g/mol. The van der Waals surface area contributed by atoms with E-state index >= 15 is 0 Å². The molecular weight excluding hydrogens is 236 g/mol. The molecule has 2 atom stereocenters. The second-order valence-corrected chi connectivity index (χ2v) is 3.99. The smallest absolute Gasteiger partial charge is 0.337 e. The van der Waals surface area contributed by atoms with E-state index in [0.717, 1.165) is 7.11 Å². The molecule has 5 heteroatoms. The van der Waals surface area contributed by atoms with Gasteiger partial charge in [-0.05, 0) is 18.1 Å². The molecular formula is C13H16O5. The maximum Gasteiger partial charge on any atom is 0.337 e. The lowest BCUT2D eigenvalue weighted by Gasteiger charge is -2.18. The van der Waals surface area contributed by atoms with E-state index in [2.05, 4.69) is 4.74 Å². The van der Waals surface area contributed by atoms with Crippen molar-refractivity contribution in [2.24, 2.45) is 0 Å². The van der Waals surface area contributed by atoms with Crippen molar-refractivity contribution in [3.8, 4) is 0 Å². The molecule has 98 valence electrons.